The van der Waals surface area contributed by atoms with Crippen LogP contribution in [0.1, 0.15) is 29.5 Å². The number of fused-ring (bicyclic) bond motifs is 1. The average Bonchev–Trinajstić information content (AvgIpc) is 3.55. The summed E-state index contributed by atoms with van der Waals surface area (Å²) in [7, 11) is 0. The molecule has 0 aliphatic carbocycles. The first-order valence-corrected chi connectivity index (χ1v) is 10.7. The van der Waals surface area contributed by atoms with E-state index in [0.717, 1.165) is 0 Å². The Morgan fingerprint density at radius 3 is 2.67 bits per heavy atom. The molecule has 0 bridgehead atoms. The summed E-state index contributed by atoms with van der Waals surface area (Å²) in [5.41, 5.74) is 0.359. The number of likely N-dealkylation sites (tertiary alicyclic amines) is 1. The number of nitrogens with zero attached hydrogens (tertiary/aromatic N) is 3. The quantitative estimate of drug-likeness (QED) is 0.350. The number of imidazole rings is 1. The van der Waals surface area contributed by atoms with E-state index in [1.54, 1.807) is 49.8 Å². The monoisotopic (exact) mass is 449 g/mol. The smallest absolute Gasteiger partial charge is 0.295 e. The van der Waals surface area contributed by atoms with Crippen molar-refractivity contribution in [2.75, 3.05) is 19.8 Å². The summed E-state index contributed by atoms with van der Waals surface area (Å²) in [5.74, 6) is 0.423. The summed E-state index contributed by atoms with van der Waals surface area (Å²) in [6.07, 6.45) is 5.82. The van der Waals surface area contributed by atoms with Crippen LogP contribution in [0.15, 0.2) is 59.0 Å². The third-order valence-corrected chi connectivity index (χ3v) is 5.76. The van der Waals surface area contributed by atoms with Crippen molar-refractivity contribution in [1.29, 1.82) is 0 Å². The molecule has 3 aromatic rings. The molecule has 9 heteroatoms. The van der Waals surface area contributed by atoms with Gasteiger partial charge in [-0.05, 0) is 43.7 Å². The van der Waals surface area contributed by atoms with Crippen LogP contribution in [-0.2, 0) is 16.1 Å². The molecular formula is C24H23N3O6. The Kier molecular flexibility index (Phi) is 5.37. The van der Waals surface area contributed by atoms with E-state index >= 15 is 0 Å². The highest BCUT2D eigenvalue weighted by Crippen LogP contribution is 2.41. The maximum Gasteiger partial charge on any atom is 0.295 e. The molecule has 4 heterocycles. The number of aliphatic hydroxyl groups is 1. The molecule has 9 nitrogen and oxygen atoms in total. The van der Waals surface area contributed by atoms with E-state index in [-0.39, 0.29) is 11.3 Å². The zero-order valence-electron chi connectivity index (χ0n) is 18.1. The molecule has 0 spiro atoms. The second-order valence-electron chi connectivity index (χ2n) is 7.95. The van der Waals surface area contributed by atoms with Crippen LogP contribution in [-0.4, -0.2) is 51.0 Å². The van der Waals surface area contributed by atoms with Crippen molar-refractivity contribution < 1.29 is 28.6 Å². The van der Waals surface area contributed by atoms with Gasteiger partial charge in [0.15, 0.2) is 11.5 Å². The van der Waals surface area contributed by atoms with Crippen LogP contribution in [0.2, 0.25) is 0 Å². The van der Waals surface area contributed by atoms with Gasteiger partial charge in [0.1, 0.15) is 36.5 Å². The topological polar surface area (TPSA) is 107 Å². The lowest BCUT2D eigenvalue weighted by Crippen LogP contribution is -2.31. The van der Waals surface area contributed by atoms with Gasteiger partial charge in [0.05, 0.1) is 11.9 Å². The summed E-state index contributed by atoms with van der Waals surface area (Å²) >= 11 is 0. The maximum absolute atomic E-state index is 13.1. The number of carbonyl (C=O) groups is 2. The molecule has 2 aromatic heterocycles. The molecule has 1 N–H and O–H groups in total. The fourth-order valence-electron chi connectivity index (χ4n) is 4.20. The molecule has 170 valence electrons. The highest BCUT2D eigenvalue weighted by molar-refractivity contribution is 6.46. The van der Waals surface area contributed by atoms with Gasteiger partial charge in [-0.2, -0.15) is 0 Å². The third-order valence-electron chi connectivity index (χ3n) is 5.76. The molecule has 33 heavy (non-hydrogen) atoms. The molecule has 1 aromatic carbocycles. The molecule has 1 saturated heterocycles. The van der Waals surface area contributed by atoms with Crippen molar-refractivity contribution >= 4 is 17.4 Å². The van der Waals surface area contributed by atoms with Crippen LogP contribution in [0.25, 0.3) is 5.76 Å². The Hall–Kier alpha value is -4.01. The summed E-state index contributed by atoms with van der Waals surface area (Å²) in [6, 6.07) is 7.60. The SMILES string of the molecule is Cc1ccc([C@H]2/C(=C(\O)c3ccc4c(c3)OCCO4)C(=O)C(=O)N2CCCn2ccnc2)o1. The zero-order valence-corrected chi connectivity index (χ0v) is 18.1. The number of aryl methyl sites for hydroxylation is 2. The fraction of sp³-hybridized carbons (Fsp3) is 0.292. The number of hydrogen-bond donors (Lipinski definition) is 1. The van der Waals surface area contributed by atoms with Crippen LogP contribution in [0, 0.1) is 6.92 Å². The van der Waals surface area contributed by atoms with Crippen molar-refractivity contribution in [3.63, 3.8) is 0 Å². The van der Waals surface area contributed by atoms with E-state index in [4.69, 9.17) is 13.9 Å². The fourth-order valence-corrected chi connectivity index (χ4v) is 4.20. The normalized spacial score (nSPS) is 19.3. The first-order valence-electron chi connectivity index (χ1n) is 10.7. The van der Waals surface area contributed by atoms with E-state index in [2.05, 4.69) is 4.98 Å². The Morgan fingerprint density at radius 1 is 1.12 bits per heavy atom. The minimum Gasteiger partial charge on any atom is -0.507 e. The van der Waals surface area contributed by atoms with Crippen LogP contribution in [0.3, 0.4) is 0 Å². The minimum absolute atomic E-state index is 0.00587. The number of ether oxygens (including phenoxy) is 2. The highest BCUT2D eigenvalue weighted by Gasteiger charge is 2.47. The number of furan rings is 1. The Balaban J connectivity index is 1.51. The van der Waals surface area contributed by atoms with E-state index in [0.29, 0.717) is 61.3 Å². The molecular weight excluding hydrogens is 426 g/mol. The molecule has 0 radical (unpaired) electrons. The van der Waals surface area contributed by atoms with Crippen molar-refractivity contribution in [2.24, 2.45) is 0 Å². The Bertz CT molecular complexity index is 1230. The lowest BCUT2D eigenvalue weighted by atomic mass is 9.99. The zero-order chi connectivity index (χ0) is 22.9. The number of ketones is 1. The summed E-state index contributed by atoms with van der Waals surface area (Å²) in [5, 5.41) is 11.2. The first kappa shape index (κ1) is 20.9. The van der Waals surface area contributed by atoms with Crippen LogP contribution in [0.5, 0.6) is 11.5 Å². The van der Waals surface area contributed by atoms with Gasteiger partial charge in [-0.1, -0.05) is 0 Å². The predicted molar refractivity (Wildman–Crippen MR) is 117 cm³/mol. The highest BCUT2D eigenvalue weighted by atomic mass is 16.6. The number of Topliss-reactive ketones (excluding diaryl/α,β-unsaturated/α-hetero) is 1. The number of aliphatic hydroxyl groups excluding tert-OH is 1. The van der Waals surface area contributed by atoms with Gasteiger partial charge in [-0.25, -0.2) is 4.98 Å². The third kappa shape index (κ3) is 3.86. The lowest BCUT2D eigenvalue weighted by molar-refractivity contribution is -0.140. The molecule has 1 fully saturated rings. The van der Waals surface area contributed by atoms with Crippen LogP contribution < -0.4 is 9.47 Å². The second kappa shape index (κ2) is 8.50. The summed E-state index contributed by atoms with van der Waals surface area (Å²) < 4.78 is 18.8. The van der Waals surface area contributed by atoms with Crippen LogP contribution >= 0.6 is 0 Å². The van der Waals surface area contributed by atoms with Gasteiger partial charge in [0.25, 0.3) is 11.7 Å². The molecule has 0 unspecified atom stereocenters. The van der Waals surface area contributed by atoms with Crippen molar-refractivity contribution in [3.8, 4) is 11.5 Å². The van der Waals surface area contributed by atoms with Gasteiger partial charge in [0.2, 0.25) is 0 Å². The first-order chi connectivity index (χ1) is 16.0. The summed E-state index contributed by atoms with van der Waals surface area (Å²) in [4.78, 5) is 31.5. The number of carbonyl (C=O) groups excluding carboxylic acids is 2. The predicted octanol–water partition coefficient (Wildman–Crippen LogP) is 3.07. The largest absolute Gasteiger partial charge is 0.507 e. The van der Waals surface area contributed by atoms with Gasteiger partial charge < -0.3 is 28.5 Å². The van der Waals surface area contributed by atoms with Gasteiger partial charge in [0, 0.05) is 31.0 Å². The summed E-state index contributed by atoms with van der Waals surface area (Å²) in [6.45, 7) is 3.57. The van der Waals surface area contributed by atoms with Gasteiger partial charge >= 0.3 is 0 Å². The number of aromatic nitrogens is 2. The van der Waals surface area contributed by atoms with Crippen molar-refractivity contribution in [2.45, 2.75) is 25.9 Å². The van der Waals surface area contributed by atoms with E-state index in [1.807, 2.05) is 10.8 Å². The average molecular weight is 449 g/mol. The Labute approximate surface area is 189 Å². The van der Waals surface area contributed by atoms with Gasteiger partial charge in [-0.3, -0.25) is 9.59 Å². The van der Waals surface area contributed by atoms with E-state index in [1.165, 1.54) is 4.90 Å². The minimum atomic E-state index is -0.824. The molecule has 5 rings (SSSR count). The standard InChI is InChI=1S/C24H23N3O6/c1-15-3-5-18(33-15)21-20(22(28)16-4-6-17-19(13-16)32-12-11-31-17)23(29)24(30)27(21)9-2-8-26-10-7-25-14-26/h3-7,10,13-14,21,28H,2,8-9,11-12H2,1H3/b22-20+/t21-/m0/s1. The van der Waals surface area contributed by atoms with E-state index in [9.17, 15) is 14.7 Å². The Morgan fingerprint density at radius 2 is 1.94 bits per heavy atom. The number of amides is 1. The number of rotatable bonds is 6. The van der Waals surface area contributed by atoms with Gasteiger partial charge in [-0.15, -0.1) is 0 Å². The second-order valence-corrected chi connectivity index (χ2v) is 7.95. The molecule has 1 amide bonds. The molecule has 2 aliphatic heterocycles. The van der Waals surface area contributed by atoms with Crippen molar-refractivity contribution in [3.05, 3.63) is 71.7 Å². The lowest BCUT2D eigenvalue weighted by Gasteiger charge is -2.23. The molecule has 2 aliphatic rings. The number of hydrogen-bond acceptors (Lipinski definition) is 7. The maximum atomic E-state index is 13.1. The molecule has 0 saturated carbocycles. The van der Waals surface area contributed by atoms with E-state index < -0.39 is 17.7 Å². The number of benzene rings is 1. The van der Waals surface area contributed by atoms with Crippen molar-refractivity contribution in [1.82, 2.24) is 14.5 Å². The van der Waals surface area contributed by atoms with Crippen LogP contribution in [0.4, 0.5) is 0 Å². The molecule has 1 atom stereocenters.